The van der Waals surface area contributed by atoms with Gasteiger partial charge in [0.15, 0.2) is 6.61 Å². The van der Waals surface area contributed by atoms with E-state index in [1.807, 2.05) is 48.5 Å². The second-order valence-corrected chi connectivity index (χ2v) is 5.62. The number of carbonyl (C=O) groups is 1. The van der Waals surface area contributed by atoms with Crippen molar-refractivity contribution in [3.8, 4) is 11.5 Å². The van der Waals surface area contributed by atoms with E-state index in [2.05, 4.69) is 5.32 Å². The van der Waals surface area contributed by atoms with Gasteiger partial charge in [0.25, 0.3) is 5.91 Å². The van der Waals surface area contributed by atoms with Crippen LogP contribution in [0.2, 0.25) is 0 Å². The molecule has 2 aromatic rings. The van der Waals surface area contributed by atoms with E-state index in [0.29, 0.717) is 23.8 Å². The SMILES string of the molecule is O=C(COc1ccccc1)Nc1cccc(OC[C@H]2CCCO2)c1. The maximum absolute atomic E-state index is 12.0. The van der Waals surface area contributed by atoms with Crippen molar-refractivity contribution in [1.82, 2.24) is 0 Å². The van der Waals surface area contributed by atoms with E-state index in [4.69, 9.17) is 14.2 Å². The first-order valence-electron chi connectivity index (χ1n) is 8.12. The molecule has 126 valence electrons. The number of para-hydroxylation sites is 1. The highest BCUT2D eigenvalue weighted by molar-refractivity contribution is 5.92. The highest BCUT2D eigenvalue weighted by atomic mass is 16.5. The summed E-state index contributed by atoms with van der Waals surface area (Å²) in [6.45, 7) is 1.31. The number of amides is 1. The van der Waals surface area contributed by atoms with Crippen LogP contribution < -0.4 is 14.8 Å². The maximum Gasteiger partial charge on any atom is 0.262 e. The fourth-order valence-corrected chi connectivity index (χ4v) is 2.49. The monoisotopic (exact) mass is 327 g/mol. The van der Waals surface area contributed by atoms with Crippen LogP contribution >= 0.6 is 0 Å². The van der Waals surface area contributed by atoms with Gasteiger partial charge in [-0.25, -0.2) is 0 Å². The Morgan fingerprint density at radius 1 is 1.08 bits per heavy atom. The third-order valence-corrected chi connectivity index (χ3v) is 3.69. The van der Waals surface area contributed by atoms with E-state index in [0.717, 1.165) is 19.4 Å². The van der Waals surface area contributed by atoms with Gasteiger partial charge in [-0.05, 0) is 37.1 Å². The highest BCUT2D eigenvalue weighted by Crippen LogP contribution is 2.19. The lowest BCUT2D eigenvalue weighted by Crippen LogP contribution is -2.20. The first-order chi connectivity index (χ1) is 11.8. The Balaban J connectivity index is 1.47. The molecule has 0 saturated carbocycles. The smallest absolute Gasteiger partial charge is 0.262 e. The minimum Gasteiger partial charge on any atom is -0.491 e. The van der Waals surface area contributed by atoms with E-state index < -0.39 is 0 Å². The summed E-state index contributed by atoms with van der Waals surface area (Å²) in [7, 11) is 0. The Bertz CT molecular complexity index is 653. The molecule has 5 heteroatoms. The third kappa shape index (κ3) is 4.99. The molecule has 1 aliphatic rings. The summed E-state index contributed by atoms with van der Waals surface area (Å²) in [5.74, 6) is 1.17. The van der Waals surface area contributed by atoms with Gasteiger partial charge in [-0.3, -0.25) is 4.79 Å². The average molecular weight is 327 g/mol. The molecule has 1 fully saturated rings. The molecule has 1 amide bonds. The molecule has 0 aliphatic carbocycles. The Morgan fingerprint density at radius 2 is 1.92 bits per heavy atom. The van der Waals surface area contributed by atoms with Crippen LogP contribution in [0.1, 0.15) is 12.8 Å². The summed E-state index contributed by atoms with van der Waals surface area (Å²) in [6.07, 6.45) is 2.29. The lowest BCUT2D eigenvalue weighted by molar-refractivity contribution is -0.118. The molecule has 0 radical (unpaired) electrons. The zero-order valence-electron chi connectivity index (χ0n) is 13.4. The number of anilines is 1. The van der Waals surface area contributed by atoms with E-state index in [9.17, 15) is 4.79 Å². The first-order valence-corrected chi connectivity index (χ1v) is 8.12. The van der Waals surface area contributed by atoms with Crippen LogP contribution in [0.15, 0.2) is 54.6 Å². The second kappa shape index (κ2) is 8.36. The summed E-state index contributed by atoms with van der Waals surface area (Å²) < 4.78 is 16.7. The molecular formula is C19H21NO4. The van der Waals surface area contributed by atoms with Crippen molar-refractivity contribution >= 4 is 11.6 Å². The largest absolute Gasteiger partial charge is 0.491 e. The number of carbonyl (C=O) groups excluding carboxylic acids is 1. The van der Waals surface area contributed by atoms with Crippen molar-refractivity contribution in [3.63, 3.8) is 0 Å². The summed E-state index contributed by atoms with van der Waals surface area (Å²) in [5.41, 5.74) is 0.682. The number of benzene rings is 2. The van der Waals surface area contributed by atoms with E-state index in [1.54, 1.807) is 6.07 Å². The molecule has 2 aromatic carbocycles. The van der Waals surface area contributed by atoms with Gasteiger partial charge >= 0.3 is 0 Å². The molecule has 0 spiro atoms. The molecule has 1 aliphatic heterocycles. The van der Waals surface area contributed by atoms with Crippen LogP contribution in [-0.4, -0.2) is 31.8 Å². The summed E-state index contributed by atoms with van der Waals surface area (Å²) in [4.78, 5) is 12.0. The van der Waals surface area contributed by atoms with Gasteiger partial charge < -0.3 is 19.5 Å². The van der Waals surface area contributed by atoms with Crippen LogP contribution in [0.4, 0.5) is 5.69 Å². The van der Waals surface area contributed by atoms with Crippen molar-refractivity contribution in [3.05, 3.63) is 54.6 Å². The quantitative estimate of drug-likeness (QED) is 0.848. The van der Waals surface area contributed by atoms with Gasteiger partial charge in [0, 0.05) is 18.4 Å². The van der Waals surface area contributed by atoms with Gasteiger partial charge in [-0.1, -0.05) is 24.3 Å². The first kappa shape index (κ1) is 16.3. The van der Waals surface area contributed by atoms with Gasteiger partial charge in [0.2, 0.25) is 0 Å². The minimum atomic E-state index is -0.213. The van der Waals surface area contributed by atoms with Gasteiger partial charge in [-0.2, -0.15) is 0 Å². The molecule has 0 aromatic heterocycles. The molecule has 24 heavy (non-hydrogen) atoms. The van der Waals surface area contributed by atoms with Crippen LogP contribution in [0.25, 0.3) is 0 Å². The molecule has 3 rings (SSSR count). The fraction of sp³-hybridized carbons (Fsp3) is 0.316. The third-order valence-electron chi connectivity index (χ3n) is 3.69. The van der Waals surface area contributed by atoms with Crippen LogP contribution in [-0.2, 0) is 9.53 Å². The molecular weight excluding hydrogens is 306 g/mol. The minimum absolute atomic E-state index is 0.0367. The highest BCUT2D eigenvalue weighted by Gasteiger charge is 2.16. The number of hydrogen-bond acceptors (Lipinski definition) is 4. The van der Waals surface area contributed by atoms with Crippen LogP contribution in [0.5, 0.6) is 11.5 Å². The Labute approximate surface area is 141 Å². The van der Waals surface area contributed by atoms with E-state index in [-0.39, 0.29) is 18.6 Å². The zero-order valence-corrected chi connectivity index (χ0v) is 13.4. The Hall–Kier alpha value is -2.53. The second-order valence-electron chi connectivity index (χ2n) is 5.62. The lowest BCUT2D eigenvalue weighted by Gasteiger charge is -2.12. The standard InChI is InChI=1S/C19H21NO4/c21-19(14-24-16-7-2-1-3-8-16)20-15-6-4-9-17(12-15)23-13-18-10-5-11-22-18/h1-4,6-9,12,18H,5,10-11,13-14H2,(H,20,21)/t18-/m1/s1. The number of nitrogens with one attached hydrogen (secondary N) is 1. The number of ether oxygens (including phenoxy) is 3. The maximum atomic E-state index is 12.0. The van der Waals surface area contributed by atoms with Crippen LogP contribution in [0, 0.1) is 0 Å². The van der Waals surface area contributed by atoms with Gasteiger partial charge in [-0.15, -0.1) is 0 Å². The van der Waals surface area contributed by atoms with Gasteiger partial charge in [0.05, 0.1) is 6.10 Å². The van der Waals surface area contributed by atoms with Crippen LogP contribution in [0.3, 0.4) is 0 Å². The molecule has 0 bridgehead atoms. The van der Waals surface area contributed by atoms with E-state index >= 15 is 0 Å². The predicted octanol–water partition coefficient (Wildman–Crippen LogP) is 3.26. The Kier molecular flexibility index (Phi) is 5.69. The topological polar surface area (TPSA) is 56.8 Å². The normalized spacial score (nSPS) is 16.6. The zero-order chi connectivity index (χ0) is 16.6. The van der Waals surface area contributed by atoms with Gasteiger partial charge in [0.1, 0.15) is 18.1 Å². The number of hydrogen-bond donors (Lipinski definition) is 1. The van der Waals surface area contributed by atoms with Crippen molar-refractivity contribution < 1.29 is 19.0 Å². The van der Waals surface area contributed by atoms with Crippen molar-refractivity contribution in [2.45, 2.75) is 18.9 Å². The van der Waals surface area contributed by atoms with Crippen molar-refractivity contribution in [1.29, 1.82) is 0 Å². The summed E-state index contributed by atoms with van der Waals surface area (Å²) >= 11 is 0. The van der Waals surface area contributed by atoms with Crippen molar-refractivity contribution in [2.75, 3.05) is 25.1 Å². The molecule has 1 atom stereocenters. The summed E-state index contributed by atoms with van der Waals surface area (Å²) in [6, 6.07) is 16.6. The molecule has 5 nitrogen and oxygen atoms in total. The number of rotatable bonds is 7. The predicted molar refractivity (Wildman–Crippen MR) is 91.5 cm³/mol. The summed E-state index contributed by atoms with van der Waals surface area (Å²) in [5, 5.41) is 2.81. The molecule has 1 heterocycles. The molecule has 1 N–H and O–H groups in total. The van der Waals surface area contributed by atoms with E-state index in [1.165, 1.54) is 0 Å². The fourth-order valence-electron chi connectivity index (χ4n) is 2.49. The Morgan fingerprint density at radius 3 is 2.71 bits per heavy atom. The van der Waals surface area contributed by atoms with Crippen molar-refractivity contribution in [2.24, 2.45) is 0 Å². The molecule has 0 unspecified atom stereocenters. The average Bonchev–Trinajstić information content (AvgIpc) is 3.13. The lowest BCUT2D eigenvalue weighted by atomic mass is 10.2. The molecule has 1 saturated heterocycles.